The minimum absolute atomic E-state index is 0.264. The van der Waals surface area contributed by atoms with Gasteiger partial charge in [0.2, 0.25) is 0 Å². The van der Waals surface area contributed by atoms with E-state index >= 15 is 0 Å². The van der Waals surface area contributed by atoms with Crippen molar-refractivity contribution in [3.05, 3.63) is 34.3 Å². The van der Waals surface area contributed by atoms with Gasteiger partial charge in [0, 0.05) is 6.08 Å². The highest BCUT2D eigenvalue weighted by molar-refractivity contribution is 9.10. The van der Waals surface area contributed by atoms with Gasteiger partial charge in [-0.25, -0.2) is 4.79 Å². The first-order valence-corrected chi connectivity index (χ1v) is 8.10. The minimum atomic E-state index is -0.948. The summed E-state index contributed by atoms with van der Waals surface area (Å²) >= 11 is 3.50. The van der Waals surface area contributed by atoms with Crippen LogP contribution in [0.25, 0.3) is 6.08 Å². The van der Waals surface area contributed by atoms with Gasteiger partial charge in [-0.15, -0.1) is 0 Å². The molecule has 1 saturated carbocycles. The lowest BCUT2D eigenvalue weighted by Crippen LogP contribution is -2.28. The highest BCUT2D eigenvalue weighted by Gasteiger charge is 2.25. The first-order chi connectivity index (χ1) is 9.94. The van der Waals surface area contributed by atoms with Crippen LogP contribution in [0.1, 0.15) is 38.7 Å². The van der Waals surface area contributed by atoms with Crippen LogP contribution in [0.2, 0.25) is 0 Å². The third kappa shape index (κ3) is 4.88. The van der Waals surface area contributed by atoms with Crippen LogP contribution in [0.3, 0.4) is 0 Å². The van der Waals surface area contributed by atoms with Crippen LogP contribution in [0.5, 0.6) is 5.75 Å². The van der Waals surface area contributed by atoms with E-state index in [0.29, 0.717) is 11.8 Å². The van der Waals surface area contributed by atoms with Crippen molar-refractivity contribution in [2.24, 2.45) is 11.8 Å². The Morgan fingerprint density at radius 1 is 1.29 bits per heavy atom. The van der Waals surface area contributed by atoms with Gasteiger partial charge in [0.1, 0.15) is 5.75 Å². The molecule has 3 nitrogen and oxygen atoms in total. The lowest BCUT2D eigenvalue weighted by molar-refractivity contribution is -0.131. The number of carboxylic acids is 1. The van der Waals surface area contributed by atoms with Crippen molar-refractivity contribution in [1.82, 2.24) is 0 Å². The number of aliphatic carboxylic acids is 1. The standard InChI is InChI=1S/C17H21BrO3/c1-11-7-12(2)9-14(8-11)21-16-5-3-13(10-15(16)18)4-6-17(19)20/h3-6,10-12,14H,7-9H2,1-2H3,(H,19,20). The largest absolute Gasteiger partial charge is 0.489 e. The molecule has 0 bridgehead atoms. The average Bonchev–Trinajstić information content (AvgIpc) is 2.38. The van der Waals surface area contributed by atoms with Crippen molar-refractivity contribution in [3.63, 3.8) is 0 Å². The summed E-state index contributed by atoms with van der Waals surface area (Å²) in [5.74, 6) is 1.29. The fraction of sp³-hybridized carbons (Fsp3) is 0.471. The molecule has 4 heteroatoms. The predicted molar refractivity (Wildman–Crippen MR) is 87.4 cm³/mol. The molecular weight excluding hydrogens is 332 g/mol. The molecule has 1 fully saturated rings. The third-order valence-electron chi connectivity index (χ3n) is 3.80. The molecule has 21 heavy (non-hydrogen) atoms. The van der Waals surface area contributed by atoms with Gasteiger partial charge < -0.3 is 9.84 Å². The Morgan fingerprint density at radius 3 is 2.52 bits per heavy atom. The zero-order valence-electron chi connectivity index (χ0n) is 12.4. The Bertz CT molecular complexity index is 529. The fourth-order valence-corrected chi connectivity index (χ4v) is 3.52. The van der Waals surface area contributed by atoms with Crippen LogP contribution in [-0.4, -0.2) is 17.2 Å². The molecule has 0 saturated heterocycles. The van der Waals surface area contributed by atoms with E-state index in [-0.39, 0.29) is 6.10 Å². The molecule has 0 amide bonds. The number of hydrogen-bond acceptors (Lipinski definition) is 2. The van der Waals surface area contributed by atoms with Crippen LogP contribution in [0.15, 0.2) is 28.7 Å². The second-order valence-corrected chi connectivity index (χ2v) is 6.87. The first kappa shape index (κ1) is 16.1. The van der Waals surface area contributed by atoms with E-state index in [1.165, 1.54) is 6.42 Å². The van der Waals surface area contributed by atoms with E-state index in [2.05, 4.69) is 29.8 Å². The van der Waals surface area contributed by atoms with Crippen molar-refractivity contribution in [2.45, 2.75) is 39.2 Å². The van der Waals surface area contributed by atoms with Gasteiger partial charge in [-0.3, -0.25) is 0 Å². The number of ether oxygens (including phenoxy) is 1. The van der Waals surface area contributed by atoms with Gasteiger partial charge in [0.15, 0.2) is 0 Å². The molecule has 2 unspecified atom stereocenters. The molecule has 1 aliphatic rings. The van der Waals surface area contributed by atoms with Crippen LogP contribution >= 0.6 is 15.9 Å². The lowest BCUT2D eigenvalue weighted by Gasteiger charge is -2.32. The molecule has 114 valence electrons. The SMILES string of the molecule is CC1CC(C)CC(Oc2ccc(C=CC(=O)O)cc2Br)C1. The number of hydrogen-bond donors (Lipinski definition) is 1. The Kier molecular flexibility index (Phi) is 5.45. The number of carboxylic acid groups (broad SMARTS) is 1. The van der Waals surface area contributed by atoms with Gasteiger partial charge >= 0.3 is 5.97 Å². The summed E-state index contributed by atoms with van der Waals surface area (Å²) < 4.78 is 6.98. The number of halogens is 1. The van der Waals surface area contributed by atoms with Crippen molar-refractivity contribution in [2.75, 3.05) is 0 Å². The third-order valence-corrected chi connectivity index (χ3v) is 4.42. The second-order valence-electron chi connectivity index (χ2n) is 6.02. The van der Waals surface area contributed by atoms with E-state index in [9.17, 15) is 4.79 Å². The Labute approximate surface area is 134 Å². The van der Waals surface area contributed by atoms with E-state index in [1.54, 1.807) is 6.08 Å². The molecule has 1 aromatic carbocycles. The van der Waals surface area contributed by atoms with E-state index in [4.69, 9.17) is 9.84 Å². The topological polar surface area (TPSA) is 46.5 Å². The maximum atomic E-state index is 10.5. The smallest absolute Gasteiger partial charge is 0.328 e. The average molecular weight is 353 g/mol. The minimum Gasteiger partial charge on any atom is -0.489 e. The highest BCUT2D eigenvalue weighted by atomic mass is 79.9. The van der Waals surface area contributed by atoms with Crippen LogP contribution in [0.4, 0.5) is 0 Å². The van der Waals surface area contributed by atoms with Gasteiger partial charge in [-0.2, -0.15) is 0 Å². The fourth-order valence-electron chi connectivity index (χ4n) is 3.03. The summed E-state index contributed by atoms with van der Waals surface area (Å²) in [7, 11) is 0. The molecule has 2 rings (SSSR count). The lowest BCUT2D eigenvalue weighted by atomic mass is 9.82. The summed E-state index contributed by atoms with van der Waals surface area (Å²) in [6, 6.07) is 5.65. The zero-order chi connectivity index (χ0) is 15.4. The summed E-state index contributed by atoms with van der Waals surface area (Å²) in [6.45, 7) is 4.56. The molecule has 0 aromatic heterocycles. The van der Waals surface area contributed by atoms with Crippen molar-refractivity contribution in [1.29, 1.82) is 0 Å². The maximum Gasteiger partial charge on any atom is 0.328 e. The zero-order valence-corrected chi connectivity index (χ0v) is 14.0. The van der Waals surface area contributed by atoms with Crippen LogP contribution in [-0.2, 0) is 4.79 Å². The normalized spacial score (nSPS) is 26.0. The van der Waals surface area contributed by atoms with E-state index in [0.717, 1.165) is 34.7 Å². The molecule has 1 N–H and O–H groups in total. The molecule has 0 radical (unpaired) electrons. The molecule has 2 atom stereocenters. The van der Waals surface area contributed by atoms with E-state index in [1.807, 2.05) is 18.2 Å². The highest BCUT2D eigenvalue weighted by Crippen LogP contribution is 2.34. The van der Waals surface area contributed by atoms with Crippen LogP contribution < -0.4 is 4.74 Å². The van der Waals surface area contributed by atoms with Gasteiger partial charge in [0.05, 0.1) is 10.6 Å². The van der Waals surface area contributed by atoms with Crippen LogP contribution in [0, 0.1) is 11.8 Å². The monoisotopic (exact) mass is 352 g/mol. The molecule has 0 aliphatic heterocycles. The van der Waals surface area contributed by atoms with Crippen molar-refractivity contribution in [3.8, 4) is 5.75 Å². The molecule has 1 aromatic rings. The molecule has 1 aliphatic carbocycles. The van der Waals surface area contributed by atoms with Gasteiger partial charge in [-0.1, -0.05) is 19.9 Å². The second kappa shape index (κ2) is 7.12. The van der Waals surface area contributed by atoms with Crippen molar-refractivity contribution >= 4 is 28.0 Å². The number of carbonyl (C=O) groups is 1. The summed E-state index contributed by atoms with van der Waals surface area (Å²) in [6.07, 6.45) is 6.43. The number of rotatable bonds is 4. The van der Waals surface area contributed by atoms with Gasteiger partial charge in [0.25, 0.3) is 0 Å². The van der Waals surface area contributed by atoms with E-state index < -0.39 is 5.97 Å². The number of benzene rings is 1. The summed E-state index contributed by atoms with van der Waals surface area (Å²) in [5, 5.41) is 8.64. The Balaban J connectivity index is 2.05. The summed E-state index contributed by atoms with van der Waals surface area (Å²) in [5.41, 5.74) is 0.835. The molecule has 0 heterocycles. The Hall–Kier alpha value is -1.29. The predicted octanol–water partition coefficient (Wildman–Crippen LogP) is 4.75. The first-order valence-electron chi connectivity index (χ1n) is 7.31. The van der Waals surface area contributed by atoms with Crippen molar-refractivity contribution < 1.29 is 14.6 Å². The maximum absolute atomic E-state index is 10.5. The molecular formula is C17H21BrO3. The summed E-state index contributed by atoms with van der Waals surface area (Å²) in [4.78, 5) is 10.5. The molecule has 0 spiro atoms. The Morgan fingerprint density at radius 2 is 1.95 bits per heavy atom. The quantitative estimate of drug-likeness (QED) is 0.795. The van der Waals surface area contributed by atoms with Gasteiger partial charge in [-0.05, 0) is 70.8 Å².